The summed E-state index contributed by atoms with van der Waals surface area (Å²) in [4.78, 5) is 26.3. The van der Waals surface area contributed by atoms with Gasteiger partial charge in [0.15, 0.2) is 0 Å². The number of carboxylic acids is 1. The first-order valence-corrected chi connectivity index (χ1v) is 4.85. The van der Waals surface area contributed by atoms with Crippen LogP contribution in [0.4, 0.5) is 5.82 Å². The van der Waals surface area contributed by atoms with Crippen LogP contribution in [0.2, 0.25) is 0 Å². The van der Waals surface area contributed by atoms with Crippen molar-refractivity contribution in [3.05, 3.63) is 28.0 Å². The quantitative estimate of drug-likeness (QED) is 0.659. The number of carboxylic acid groups (broad SMARTS) is 1. The molecule has 0 aliphatic carbocycles. The molecule has 1 aromatic rings. The van der Waals surface area contributed by atoms with Crippen LogP contribution in [0.3, 0.4) is 0 Å². The van der Waals surface area contributed by atoms with Crippen molar-refractivity contribution in [1.29, 1.82) is 0 Å². The highest BCUT2D eigenvalue weighted by atomic mass is 16.4. The van der Waals surface area contributed by atoms with Crippen LogP contribution in [-0.2, 0) is 0 Å². The second-order valence-corrected chi connectivity index (χ2v) is 3.68. The van der Waals surface area contributed by atoms with E-state index in [1.54, 1.807) is 0 Å². The zero-order valence-corrected chi connectivity index (χ0v) is 9.28. The third kappa shape index (κ3) is 3.74. The fourth-order valence-corrected chi connectivity index (χ4v) is 1.18. The Bertz CT molecular complexity index is 426. The van der Waals surface area contributed by atoms with E-state index in [0.717, 1.165) is 12.6 Å². The molecule has 0 bridgehead atoms. The number of hydrogen-bond donors (Lipinski definition) is 3. The van der Waals surface area contributed by atoms with Crippen LogP contribution in [0.5, 0.6) is 0 Å². The van der Waals surface area contributed by atoms with E-state index >= 15 is 0 Å². The molecule has 0 radical (unpaired) electrons. The number of anilines is 1. The lowest BCUT2D eigenvalue weighted by atomic mass is 10.2. The van der Waals surface area contributed by atoms with E-state index in [9.17, 15) is 9.59 Å². The summed E-state index contributed by atoms with van der Waals surface area (Å²) >= 11 is 0. The van der Waals surface area contributed by atoms with Crippen molar-refractivity contribution in [2.45, 2.75) is 0 Å². The van der Waals surface area contributed by atoms with Gasteiger partial charge >= 0.3 is 5.97 Å². The van der Waals surface area contributed by atoms with Gasteiger partial charge in [-0.2, -0.15) is 0 Å². The number of nitrogens with zero attached hydrogens (tertiary/aromatic N) is 1. The minimum Gasteiger partial charge on any atom is -0.478 e. The predicted molar refractivity (Wildman–Crippen MR) is 61.1 cm³/mol. The van der Waals surface area contributed by atoms with E-state index in [-0.39, 0.29) is 5.56 Å². The van der Waals surface area contributed by atoms with Gasteiger partial charge in [-0.1, -0.05) is 0 Å². The third-order valence-corrected chi connectivity index (χ3v) is 1.97. The zero-order chi connectivity index (χ0) is 12.1. The van der Waals surface area contributed by atoms with Crippen LogP contribution >= 0.6 is 0 Å². The standard InChI is InChI=1S/C10H15N3O3/c1-13(2)4-3-11-8-5-7(10(15)16)6-9(14)12-8/h5-6H,3-4H2,1-2H3,(H,15,16)(H2,11,12,14). The zero-order valence-electron chi connectivity index (χ0n) is 9.28. The number of aromatic amines is 1. The molecule has 16 heavy (non-hydrogen) atoms. The molecule has 0 amide bonds. The van der Waals surface area contributed by atoms with E-state index in [2.05, 4.69) is 10.3 Å². The molecule has 0 spiro atoms. The maximum atomic E-state index is 11.1. The van der Waals surface area contributed by atoms with E-state index in [4.69, 9.17) is 5.11 Å². The maximum Gasteiger partial charge on any atom is 0.336 e. The van der Waals surface area contributed by atoms with Crippen molar-refractivity contribution in [3.8, 4) is 0 Å². The predicted octanol–water partition coefficient (Wildman–Crippen LogP) is 0.0466. The van der Waals surface area contributed by atoms with Crippen molar-refractivity contribution in [1.82, 2.24) is 9.88 Å². The molecule has 0 saturated carbocycles. The molecule has 0 fully saturated rings. The molecule has 1 heterocycles. The van der Waals surface area contributed by atoms with E-state index in [1.807, 2.05) is 19.0 Å². The normalized spacial score (nSPS) is 10.4. The van der Waals surface area contributed by atoms with E-state index < -0.39 is 11.5 Å². The van der Waals surface area contributed by atoms with Gasteiger partial charge in [-0.15, -0.1) is 0 Å². The van der Waals surface area contributed by atoms with Gasteiger partial charge in [-0.05, 0) is 20.2 Å². The van der Waals surface area contributed by atoms with Gasteiger partial charge in [0.05, 0.1) is 5.56 Å². The number of pyridine rings is 1. The Hall–Kier alpha value is -1.82. The monoisotopic (exact) mass is 225 g/mol. The summed E-state index contributed by atoms with van der Waals surface area (Å²) in [6.45, 7) is 1.42. The van der Waals surface area contributed by atoms with Crippen LogP contribution in [0.1, 0.15) is 10.4 Å². The Kier molecular flexibility index (Phi) is 4.07. The van der Waals surface area contributed by atoms with E-state index in [0.29, 0.717) is 12.4 Å². The molecule has 88 valence electrons. The number of hydrogen-bond acceptors (Lipinski definition) is 4. The number of carbonyl (C=O) groups is 1. The Balaban J connectivity index is 2.73. The maximum absolute atomic E-state index is 11.1. The summed E-state index contributed by atoms with van der Waals surface area (Å²) in [5, 5.41) is 11.7. The average Bonchev–Trinajstić information content (AvgIpc) is 2.16. The Labute approximate surface area is 92.9 Å². The molecule has 0 aromatic carbocycles. The molecule has 0 aliphatic heterocycles. The summed E-state index contributed by atoms with van der Waals surface area (Å²) < 4.78 is 0. The number of nitrogens with one attached hydrogen (secondary N) is 2. The fourth-order valence-electron chi connectivity index (χ4n) is 1.18. The summed E-state index contributed by atoms with van der Waals surface area (Å²) in [6.07, 6.45) is 0. The second kappa shape index (κ2) is 5.32. The molecular weight excluding hydrogens is 210 g/mol. The fraction of sp³-hybridized carbons (Fsp3) is 0.400. The highest BCUT2D eigenvalue weighted by Gasteiger charge is 2.05. The van der Waals surface area contributed by atoms with Crippen molar-refractivity contribution in [3.63, 3.8) is 0 Å². The molecule has 6 heteroatoms. The molecule has 0 atom stereocenters. The Morgan fingerprint density at radius 1 is 1.50 bits per heavy atom. The average molecular weight is 225 g/mol. The molecule has 0 saturated heterocycles. The van der Waals surface area contributed by atoms with Gasteiger partial charge in [0.25, 0.3) is 0 Å². The number of likely N-dealkylation sites (N-methyl/N-ethyl adjacent to an activating group) is 1. The summed E-state index contributed by atoms with van der Waals surface area (Å²) in [7, 11) is 3.86. The molecule has 6 nitrogen and oxygen atoms in total. The van der Waals surface area contributed by atoms with Crippen LogP contribution in [0, 0.1) is 0 Å². The number of aromatic carboxylic acids is 1. The van der Waals surface area contributed by atoms with Gasteiger partial charge in [-0.25, -0.2) is 4.79 Å². The molecular formula is C10H15N3O3. The Morgan fingerprint density at radius 2 is 2.19 bits per heavy atom. The van der Waals surface area contributed by atoms with Gasteiger partial charge in [0.1, 0.15) is 5.82 Å². The van der Waals surface area contributed by atoms with Crippen LogP contribution < -0.4 is 10.9 Å². The van der Waals surface area contributed by atoms with Gasteiger partial charge < -0.3 is 20.3 Å². The smallest absolute Gasteiger partial charge is 0.336 e. The van der Waals surface area contributed by atoms with Crippen molar-refractivity contribution in [2.24, 2.45) is 0 Å². The van der Waals surface area contributed by atoms with Crippen LogP contribution in [0.25, 0.3) is 0 Å². The van der Waals surface area contributed by atoms with Gasteiger partial charge in [-0.3, -0.25) is 4.79 Å². The summed E-state index contributed by atoms with van der Waals surface area (Å²) in [5.41, 5.74) is -0.441. The minimum absolute atomic E-state index is 0.0175. The largest absolute Gasteiger partial charge is 0.478 e. The molecule has 1 rings (SSSR count). The summed E-state index contributed by atoms with van der Waals surface area (Å²) in [6, 6.07) is 2.46. The third-order valence-electron chi connectivity index (χ3n) is 1.97. The first-order valence-electron chi connectivity index (χ1n) is 4.85. The first-order chi connectivity index (χ1) is 7.49. The summed E-state index contributed by atoms with van der Waals surface area (Å²) in [5.74, 6) is -0.687. The number of rotatable bonds is 5. The lowest BCUT2D eigenvalue weighted by molar-refractivity contribution is 0.0696. The minimum atomic E-state index is -1.11. The molecule has 3 N–H and O–H groups in total. The molecule has 1 aromatic heterocycles. The van der Waals surface area contributed by atoms with Gasteiger partial charge in [0, 0.05) is 19.2 Å². The topological polar surface area (TPSA) is 85.4 Å². The van der Waals surface area contributed by atoms with Gasteiger partial charge in [0.2, 0.25) is 5.56 Å². The van der Waals surface area contributed by atoms with E-state index in [1.165, 1.54) is 6.07 Å². The highest BCUT2D eigenvalue weighted by molar-refractivity contribution is 5.88. The van der Waals surface area contributed by atoms with Crippen LogP contribution in [0.15, 0.2) is 16.9 Å². The second-order valence-electron chi connectivity index (χ2n) is 3.68. The lowest BCUT2D eigenvalue weighted by Crippen LogP contribution is -2.22. The van der Waals surface area contributed by atoms with Crippen molar-refractivity contribution < 1.29 is 9.90 Å². The number of aromatic nitrogens is 1. The Morgan fingerprint density at radius 3 is 2.75 bits per heavy atom. The van der Waals surface area contributed by atoms with Crippen LogP contribution in [-0.4, -0.2) is 48.1 Å². The first kappa shape index (κ1) is 12.3. The lowest BCUT2D eigenvalue weighted by Gasteiger charge is -2.11. The van der Waals surface area contributed by atoms with Crippen molar-refractivity contribution >= 4 is 11.8 Å². The van der Waals surface area contributed by atoms with Crippen molar-refractivity contribution in [2.75, 3.05) is 32.5 Å². The SMILES string of the molecule is CN(C)CCNc1cc(C(=O)O)cc(=O)[nH]1. The molecule has 0 unspecified atom stereocenters. The molecule has 0 aliphatic rings. The highest BCUT2D eigenvalue weighted by Crippen LogP contribution is 2.03. The number of H-pyrrole nitrogens is 1.